The quantitative estimate of drug-likeness (QED) is 0.146. The van der Waals surface area contributed by atoms with Crippen LogP contribution in [0.1, 0.15) is 90.8 Å². The number of hydrogen-bond donors (Lipinski definition) is 2. The van der Waals surface area contributed by atoms with Crippen LogP contribution in [-0.2, 0) is 33.4 Å². The van der Waals surface area contributed by atoms with Crippen molar-refractivity contribution in [2.24, 2.45) is 5.41 Å². The maximum absolute atomic E-state index is 14.0. The van der Waals surface area contributed by atoms with Gasteiger partial charge in [0.05, 0.1) is 31.0 Å². The highest BCUT2D eigenvalue weighted by Crippen LogP contribution is 2.44. The summed E-state index contributed by atoms with van der Waals surface area (Å²) < 4.78 is 52.8. The number of alkyl halides is 3. The number of hydrogen-bond acceptors (Lipinski definition) is 10. The van der Waals surface area contributed by atoms with E-state index in [0.29, 0.717) is 73.8 Å². The number of esters is 1. The molecule has 0 spiro atoms. The summed E-state index contributed by atoms with van der Waals surface area (Å²) in [6, 6.07) is 6.31. The molecule has 2 fully saturated rings. The summed E-state index contributed by atoms with van der Waals surface area (Å²) in [4.78, 5) is 50.5. The number of imidazole rings is 1. The van der Waals surface area contributed by atoms with Crippen molar-refractivity contribution in [1.82, 2.24) is 29.8 Å². The molecule has 4 aromatic rings. The van der Waals surface area contributed by atoms with Crippen molar-refractivity contribution in [1.29, 1.82) is 0 Å². The Morgan fingerprint density at radius 2 is 1.89 bits per heavy atom. The molecular formula is C38H45F3N8O4. The number of aromatic nitrogens is 5. The molecule has 7 rings (SSSR count). The van der Waals surface area contributed by atoms with Gasteiger partial charge in [0.25, 0.3) is 5.91 Å². The first-order chi connectivity index (χ1) is 25.4. The summed E-state index contributed by atoms with van der Waals surface area (Å²) in [6.45, 7) is 5.32. The van der Waals surface area contributed by atoms with E-state index in [1.54, 1.807) is 38.4 Å². The van der Waals surface area contributed by atoms with Crippen LogP contribution in [0.5, 0.6) is 0 Å². The molecule has 0 bridgehead atoms. The number of fused-ring (bicyclic) bond motifs is 2. The van der Waals surface area contributed by atoms with Crippen LogP contribution in [0.2, 0.25) is 0 Å². The average molecular weight is 735 g/mol. The van der Waals surface area contributed by atoms with Crippen LogP contribution in [0.3, 0.4) is 0 Å². The van der Waals surface area contributed by atoms with E-state index >= 15 is 0 Å². The fourth-order valence-electron chi connectivity index (χ4n) is 7.75. The highest BCUT2D eigenvalue weighted by atomic mass is 19.4. The van der Waals surface area contributed by atoms with Crippen LogP contribution in [0.15, 0.2) is 30.5 Å². The Labute approximate surface area is 305 Å². The minimum absolute atomic E-state index is 0.00198. The number of nitrogens with zero attached hydrogens (tertiary/aromatic N) is 6. The molecule has 12 nitrogen and oxygen atoms in total. The Bertz CT molecular complexity index is 1990. The Kier molecular flexibility index (Phi) is 10.4. The van der Waals surface area contributed by atoms with Gasteiger partial charge in [-0.2, -0.15) is 18.2 Å². The summed E-state index contributed by atoms with van der Waals surface area (Å²) >= 11 is 0. The van der Waals surface area contributed by atoms with Crippen LogP contribution in [0, 0.1) is 5.41 Å². The summed E-state index contributed by atoms with van der Waals surface area (Å²) in [6.07, 6.45) is 3.89. The Morgan fingerprint density at radius 1 is 1.09 bits per heavy atom. The second-order valence-electron chi connectivity index (χ2n) is 14.6. The molecule has 2 saturated carbocycles. The number of methoxy groups -OCH3 is 1. The van der Waals surface area contributed by atoms with E-state index in [2.05, 4.69) is 35.1 Å². The molecule has 15 heteroatoms. The topological polar surface area (TPSA) is 138 Å². The molecule has 282 valence electrons. The van der Waals surface area contributed by atoms with E-state index in [-0.39, 0.29) is 34.6 Å². The monoisotopic (exact) mass is 734 g/mol. The fourth-order valence-corrected chi connectivity index (χ4v) is 7.75. The van der Waals surface area contributed by atoms with Gasteiger partial charge in [0.1, 0.15) is 16.9 Å². The van der Waals surface area contributed by atoms with E-state index in [0.717, 1.165) is 62.3 Å². The second kappa shape index (κ2) is 15.0. The smallest absolute Gasteiger partial charge is 0.433 e. The molecular weight excluding hydrogens is 689 g/mol. The van der Waals surface area contributed by atoms with Crippen LogP contribution in [-0.4, -0.2) is 88.7 Å². The number of carbonyl (C=O) groups excluding carboxylic acids is 2. The number of rotatable bonds is 13. The summed E-state index contributed by atoms with van der Waals surface area (Å²) in [5.41, 5.74) is 3.75. The molecule has 0 unspecified atom stereocenters. The third-order valence-electron chi connectivity index (χ3n) is 10.5. The third-order valence-corrected chi connectivity index (χ3v) is 10.5. The maximum atomic E-state index is 14.0. The van der Waals surface area contributed by atoms with Crippen LogP contribution in [0.4, 0.5) is 24.8 Å². The molecule has 53 heavy (non-hydrogen) atoms. The zero-order valence-corrected chi connectivity index (χ0v) is 30.3. The molecule has 4 aromatic heterocycles. The largest absolute Gasteiger partial charge is 0.466 e. The lowest BCUT2D eigenvalue weighted by Crippen LogP contribution is -2.37. The highest BCUT2D eigenvalue weighted by Gasteiger charge is 2.37. The summed E-state index contributed by atoms with van der Waals surface area (Å²) in [5.74, 6) is -0.544. The van der Waals surface area contributed by atoms with Gasteiger partial charge in [0.15, 0.2) is 5.65 Å². The van der Waals surface area contributed by atoms with E-state index in [1.165, 1.54) is 0 Å². The van der Waals surface area contributed by atoms with Crippen LogP contribution in [0.25, 0.3) is 22.4 Å². The van der Waals surface area contributed by atoms with Gasteiger partial charge in [-0.15, -0.1) is 0 Å². The second-order valence-corrected chi connectivity index (χ2v) is 14.6. The first-order valence-corrected chi connectivity index (χ1v) is 18.3. The molecule has 2 N–H and O–H groups in total. The summed E-state index contributed by atoms with van der Waals surface area (Å²) in [5, 5.41) is 2.83. The fraction of sp³-hybridized carbons (Fsp3) is 0.526. The SMILES string of the molecule is CCOC(=O)CCN1CCc2cc(C(=O)Nc3nc4nc(-c5cc(C6CC6)nc(C(F)(F)F)c5)cc(N(C)CC5(COC)CCCC5)c4[nH]3)ncc2C1. The lowest BCUT2D eigenvalue weighted by Gasteiger charge is -2.34. The predicted octanol–water partition coefficient (Wildman–Crippen LogP) is 6.52. The number of ether oxygens (including phenoxy) is 2. The first-order valence-electron chi connectivity index (χ1n) is 18.3. The molecule has 1 aliphatic heterocycles. The molecule has 2 aliphatic carbocycles. The first kappa shape index (κ1) is 36.7. The zero-order chi connectivity index (χ0) is 37.3. The Balaban J connectivity index is 1.18. The summed E-state index contributed by atoms with van der Waals surface area (Å²) in [7, 11) is 3.65. The number of pyridine rings is 3. The van der Waals surface area contributed by atoms with Crippen molar-refractivity contribution in [3.63, 3.8) is 0 Å². The number of nitrogens with one attached hydrogen (secondary N) is 2. The highest BCUT2D eigenvalue weighted by molar-refractivity contribution is 6.03. The van der Waals surface area contributed by atoms with E-state index in [9.17, 15) is 22.8 Å². The minimum atomic E-state index is -4.61. The van der Waals surface area contributed by atoms with Gasteiger partial charge in [-0.05, 0) is 74.4 Å². The van der Waals surface area contributed by atoms with E-state index < -0.39 is 17.8 Å². The lowest BCUT2D eigenvalue weighted by molar-refractivity contribution is -0.143. The lowest BCUT2D eigenvalue weighted by atomic mass is 9.86. The minimum Gasteiger partial charge on any atom is -0.466 e. The number of anilines is 2. The van der Waals surface area contributed by atoms with Gasteiger partial charge in [-0.1, -0.05) is 12.8 Å². The number of H-pyrrole nitrogens is 1. The molecule has 0 saturated heterocycles. The maximum Gasteiger partial charge on any atom is 0.433 e. The standard InChI is InChI=1S/C38H45F3N8O4/c1-4-53-32(50)10-14-49-13-9-24-15-29(42-19-26(24)20-49)35(51)47-36-45-33-30(48(2)21-37(22-52-3)11-5-6-12-37)18-28(44-34(33)46-36)25-16-27(23-7-8-23)43-31(17-25)38(39,40)41/h15-19,23H,4-14,20-22H2,1-3H3,(H2,44,45,46,47,51). The molecule has 5 heterocycles. The van der Waals surface area contributed by atoms with Crippen LogP contribution >= 0.6 is 0 Å². The molecule has 0 atom stereocenters. The molecule has 0 aromatic carbocycles. The Hall–Kier alpha value is -4.63. The number of halogens is 3. The molecule has 3 aliphatic rings. The van der Waals surface area contributed by atoms with Crippen molar-refractivity contribution < 1.29 is 32.2 Å². The van der Waals surface area contributed by atoms with Gasteiger partial charge >= 0.3 is 12.1 Å². The van der Waals surface area contributed by atoms with Crippen molar-refractivity contribution >= 4 is 34.7 Å². The van der Waals surface area contributed by atoms with Crippen molar-refractivity contribution in [2.75, 3.05) is 57.2 Å². The number of aromatic amines is 1. The third kappa shape index (κ3) is 8.30. The molecule has 1 amide bonds. The Morgan fingerprint density at radius 3 is 2.60 bits per heavy atom. The van der Waals surface area contributed by atoms with Gasteiger partial charge in [0.2, 0.25) is 5.95 Å². The molecule has 0 radical (unpaired) electrons. The van der Waals surface area contributed by atoms with Crippen molar-refractivity contribution in [3.8, 4) is 11.3 Å². The van der Waals surface area contributed by atoms with E-state index in [4.69, 9.17) is 14.5 Å². The van der Waals surface area contributed by atoms with E-state index in [1.807, 2.05) is 7.05 Å². The van der Waals surface area contributed by atoms with Crippen LogP contribution < -0.4 is 10.2 Å². The van der Waals surface area contributed by atoms with Gasteiger partial charge in [0, 0.05) is 69.1 Å². The normalized spacial score (nSPS) is 17.2. The van der Waals surface area contributed by atoms with Gasteiger partial charge < -0.3 is 19.4 Å². The van der Waals surface area contributed by atoms with Gasteiger partial charge in [-0.3, -0.25) is 24.8 Å². The zero-order valence-electron chi connectivity index (χ0n) is 30.3. The van der Waals surface area contributed by atoms with Crippen molar-refractivity contribution in [3.05, 3.63) is 58.7 Å². The predicted molar refractivity (Wildman–Crippen MR) is 193 cm³/mol. The number of carbonyl (C=O) groups is 2. The average Bonchev–Trinajstić information content (AvgIpc) is 3.76. The number of amides is 1. The van der Waals surface area contributed by atoms with Crippen molar-refractivity contribution in [2.45, 2.75) is 76.9 Å². The van der Waals surface area contributed by atoms with Gasteiger partial charge in [-0.25, -0.2) is 9.97 Å².